The van der Waals surface area contributed by atoms with Crippen molar-refractivity contribution in [3.05, 3.63) is 0 Å². The molecule has 110 valence electrons. The van der Waals surface area contributed by atoms with Gasteiger partial charge in [0.1, 0.15) is 5.78 Å². The second kappa shape index (κ2) is 9.08. The lowest BCUT2D eigenvalue weighted by Crippen LogP contribution is -2.44. The standard InChI is InChI=1S/C15H27NO3/c1-12(17)8-4-2-3-5-11-15(19)16-13-9-6-7-10-14(13)18/h13-14,18H,2-11H2,1H3,(H,16,19). The monoisotopic (exact) mass is 269 g/mol. The molecule has 0 aromatic carbocycles. The van der Waals surface area contributed by atoms with Crippen LogP contribution in [0.1, 0.15) is 71.1 Å². The zero-order valence-electron chi connectivity index (χ0n) is 12.0. The minimum Gasteiger partial charge on any atom is -0.391 e. The maximum atomic E-state index is 11.7. The molecule has 19 heavy (non-hydrogen) atoms. The van der Waals surface area contributed by atoms with E-state index in [0.29, 0.717) is 12.8 Å². The van der Waals surface area contributed by atoms with Crippen LogP contribution in [0.4, 0.5) is 0 Å². The largest absolute Gasteiger partial charge is 0.391 e. The summed E-state index contributed by atoms with van der Waals surface area (Å²) in [7, 11) is 0. The first-order valence-corrected chi connectivity index (χ1v) is 7.56. The summed E-state index contributed by atoms with van der Waals surface area (Å²) in [6.45, 7) is 1.61. The molecule has 2 atom stereocenters. The van der Waals surface area contributed by atoms with Gasteiger partial charge in [-0.05, 0) is 32.6 Å². The molecular formula is C15H27NO3. The fraction of sp³-hybridized carbons (Fsp3) is 0.867. The number of hydrogen-bond acceptors (Lipinski definition) is 3. The Morgan fingerprint density at radius 3 is 2.32 bits per heavy atom. The number of rotatable bonds is 8. The molecule has 1 amide bonds. The molecule has 0 saturated heterocycles. The number of ketones is 1. The highest BCUT2D eigenvalue weighted by Crippen LogP contribution is 2.18. The highest BCUT2D eigenvalue weighted by atomic mass is 16.3. The van der Waals surface area contributed by atoms with Crippen LogP contribution in [-0.4, -0.2) is 28.9 Å². The van der Waals surface area contributed by atoms with E-state index in [1.807, 2.05) is 0 Å². The Morgan fingerprint density at radius 2 is 1.68 bits per heavy atom. The quantitative estimate of drug-likeness (QED) is 0.665. The number of aliphatic hydroxyl groups excluding tert-OH is 1. The van der Waals surface area contributed by atoms with Crippen molar-refractivity contribution in [1.82, 2.24) is 5.32 Å². The molecule has 1 aliphatic rings. The van der Waals surface area contributed by atoms with Crippen molar-refractivity contribution < 1.29 is 14.7 Å². The van der Waals surface area contributed by atoms with Crippen LogP contribution in [0.25, 0.3) is 0 Å². The van der Waals surface area contributed by atoms with Crippen molar-refractivity contribution in [2.24, 2.45) is 0 Å². The van der Waals surface area contributed by atoms with Gasteiger partial charge in [-0.2, -0.15) is 0 Å². The van der Waals surface area contributed by atoms with Gasteiger partial charge in [0.25, 0.3) is 0 Å². The average molecular weight is 269 g/mol. The molecule has 0 aliphatic heterocycles. The molecule has 4 nitrogen and oxygen atoms in total. The van der Waals surface area contributed by atoms with Crippen molar-refractivity contribution in [3.8, 4) is 0 Å². The van der Waals surface area contributed by atoms with Crippen LogP contribution in [0.3, 0.4) is 0 Å². The summed E-state index contributed by atoms with van der Waals surface area (Å²) in [5, 5.41) is 12.7. The number of amides is 1. The lowest BCUT2D eigenvalue weighted by atomic mass is 9.92. The summed E-state index contributed by atoms with van der Waals surface area (Å²) in [5.41, 5.74) is 0. The summed E-state index contributed by atoms with van der Waals surface area (Å²) in [6, 6.07) is -0.0426. The first kappa shape index (κ1) is 16.2. The SMILES string of the molecule is CC(=O)CCCCCCC(=O)NC1CCCCC1O. The van der Waals surface area contributed by atoms with Gasteiger partial charge in [0.05, 0.1) is 12.1 Å². The minimum atomic E-state index is -0.367. The smallest absolute Gasteiger partial charge is 0.220 e. The van der Waals surface area contributed by atoms with E-state index >= 15 is 0 Å². The van der Waals surface area contributed by atoms with Crippen LogP contribution >= 0.6 is 0 Å². The Balaban J connectivity index is 2.02. The molecule has 1 saturated carbocycles. The van der Waals surface area contributed by atoms with Gasteiger partial charge in [-0.1, -0.05) is 25.7 Å². The third-order valence-corrected chi connectivity index (χ3v) is 3.76. The van der Waals surface area contributed by atoms with E-state index < -0.39 is 0 Å². The summed E-state index contributed by atoms with van der Waals surface area (Å²) >= 11 is 0. The van der Waals surface area contributed by atoms with Gasteiger partial charge >= 0.3 is 0 Å². The second-order valence-corrected chi connectivity index (χ2v) is 5.64. The summed E-state index contributed by atoms with van der Waals surface area (Å²) < 4.78 is 0. The van der Waals surface area contributed by atoms with E-state index in [2.05, 4.69) is 5.32 Å². The van der Waals surface area contributed by atoms with Crippen molar-refractivity contribution in [2.45, 2.75) is 83.3 Å². The number of nitrogens with one attached hydrogen (secondary N) is 1. The van der Waals surface area contributed by atoms with Crippen LogP contribution in [0, 0.1) is 0 Å². The van der Waals surface area contributed by atoms with E-state index in [0.717, 1.165) is 51.4 Å². The third-order valence-electron chi connectivity index (χ3n) is 3.76. The zero-order chi connectivity index (χ0) is 14.1. The predicted octanol–water partition coefficient (Wildman–Crippen LogP) is 2.34. The maximum absolute atomic E-state index is 11.7. The molecule has 0 bridgehead atoms. The summed E-state index contributed by atoms with van der Waals surface area (Å²) in [4.78, 5) is 22.5. The van der Waals surface area contributed by atoms with Gasteiger partial charge in [0.2, 0.25) is 5.91 Å². The number of hydrogen-bond donors (Lipinski definition) is 2. The molecule has 0 aromatic heterocycles. The van der Waals surface area contributed by atoms with Crippen LogP contribution in [0.2, 0.25) is 0 Å². The molecule has 2 unspecified atom stereocenters. The molecule has 0 spiro atoms. The minimum absolute atomic E-state index is 0.0426. The number of carbonyl (C=O) groups excluding carboxylic acids is 2. The van der Waals surface area contributed by atoms with E-state index in [4.69, 9.17) is 0 Å². The van der Waals surface area contributed by atoms with Crippen molar-refractivity contribution in [2.75, 3.05) is 0 Å². The third kappa shape index (κ3) is 7.31. The molecule has 0 heterocycles. The Hall–Kier alpha value is -0.900. The molecule has 1 fully saturated rings. The zero-order valence-corrected chi connectivity index (χ0v) is 12.0. The first-order valence-electron chi connectivity index (χ1n) is 7.56. The van der Waals surface area contributed by atoms with E-state index in [1.54, 1.807) is 6.92 Å². The molecular weight excluding hydrogens is 242 g/mol. The number of Topliss-reactive ketones (excluding diaryl/α,β-unsaturated/α-hetero) is 1. The van der Waals surface area contributed by atoms with Crippen LogP contribution < -0.4 is 5.32 Å². The maximum Gasteiger partial charge on any atom is 0.220 e. The highest BCUT2D eigenvalue weighted by molar-refractivity contribution is 5.76. The molecule has 0 radical (unpaired) electrons. The first-order chi connectivity index (χ1) is 9.09. The lowest BCUT2D eigenvalue weighted by Gasteiger charge is -2.28. The number of unbranched alkanes of at least 4 members (excludes halogenated alkanes) is 3. The number of aliphatic hydroxyl groups is 1. The topological polar surface area (TPSA) is 66.4 Å². The van der Waals surface area contributed by atoms with E-state index in [-0.39, 0.29) is 23.8 Å². The van der Waals surface area contributed by atoms with Crippen LogP contribution in [0.5, 0.6) is 0 Å². The van der Waals surface area contributed by atoms with Crippen molar-refractivity contribution in [1.29, 1.82) is 0 Å². The Labute approximate surface area is 116 Å². The fourth-order valence-corrected chi connectivity index (χ4v) is 2.57. The average Bonchev–Trinajstić information content (AvgIpc) is 2.36. The highest BCUT2D eigenvalue weighted by Gasteiger charge is 2.23. The van der Waals surface area contributed by atoms with Gasteiger partial charge in [-0.25, -0.2) is 0 Å². The molecule has 2 N–H and O–H groups in total. The fourth-order valence-electron chi connectivity index (χ4n) is 2.57. The van der Waals surface area contributed by atoms with Crippen LogP contribution in [-0.2, 0) is 9.59 Å². The van der Waals surface area contributed by atoms with Gasteiger partial charge in [-0.3, -0.25) is 4.79 Å². The Kier molecular flexibility index (Phi) is 7.72. The van der Waals surface area contributed by atoms with Gasteiger partial charge in [-0.15, -0.1) is 0 Å². The Bertz CT molecular complexity index is 291. The van der Waals surface area contributed by atoms with E-state index in [9.17, 15) is 14.7 Å². The molecule has 1 aliphatic carbocycles. The molecule has 1 rings (SSSR count). The summed E-state index contributed by atoms with van der Waals surface area (Å²) in [6.07, 6.45) is 8.47. The van der Waals surface area contributed by atoms with Gasteiger partial charge < -0.3 is 15.2 Å². The van der Waals surface area contributed by atoms with Crippen molar-refractivity contribution in [3.63, 3.8) is 0 Å². The number of carbonyl (C=O) groups is 2. The molecule has 0 aromatic rings. The Morgan fingerprint density at radius 1 is 1.05 bits per heavy atom. The van der Waals surface area contributed by atoms with Crippen molar-refractivity contribution >= 4 is 11.7 Å². The second-order valence-electron chi connectivity index (χ2n) is 5.64. The predicted molar refractivity (Wildman–Crippen MR) is 74.8 cm³/mol. The lowest BCUT2D eigenvalue weighted by molar-refractivity contribution is -0.123. The van der Waals surface area contributed by atoms with Gasteiger partial charge in [0.15, 0.2) is 0 Å². The van der Waals surface area contributed by atoms with Gasteiger partial charge in [0, 0.05) is 12.8 Å². The van der Waals surface area contributed by atoms with E-state index in [1.165, 1.54) is 0 Å². The molecule has 4 heteroatoms. The summed E-state index contributed by atoms with van der Waals surface area (Å²) in [5.74, 6) is 0.293. The van der Waals surface area contributed by atoms with Crippen LogP contribution in [0.15, 0.2) is 0 Å². The normalized spacial score (nSPS) is 23.1.